The second-order valence-electron chi connectivity index (χ2n) is 9.45. The maximum absolute atomic E-state index is 13.3. The number of ether oxygens (including phenoxy) is 1. The van der Waals surface area contributed by atoms with E-state index < -0.39 is 11.5 Å². The molecule has 1 spiro atoms. The van der Waals surface area contributed by atoms with E-state index in [0.717, 1.165) is 4.90 Å². The van der Waals surface area contributed by atoms with Gasteiger partial charge in [0.2, 0.25) is 0 Å². The van der Waals surface area contributed by atoms with Crippen molar-refractivity contribution in [1.29, 1.82) is 0 Å². The summed E-state index contributed by atoms with van der Waals surface area (Å²) in [7, 11) is 0. The number of Topliss-reactive ketones (excluding diaryl/α,β-unsaturated/α-hetero) is 1. The van der Waals surface area contributed by atoms with Gasteiger partial charge in [-0.2, -0.15) is 0 Å². The third-order valence-electron chi connectivity index (χ3n) is 7.22. The van der Waals surface area contributed by atoms with Gasteiger partial charge in [-0.1, -0.05) is 18.2 Å². The molecule has 180 valence electrons. The standard InChI is InChI=1S/C28H23N3O5/c32-23-16-28(36-24-7-2-1-6-21(23)24)10-13-30(14-11-28)25(33)18-8-9-20-22(15-18)27(35)31(26(20)34)17-19-5-3-4-12-29-19/h1-9,12,15H,10-11,13-14,16-17H2. The monoisotopic (exact) mass is 481 g/mol. The number of para-hydroxylation sites is 1. The number of rotatable bonds is 3. The first-order valence-electron chi connectivity index (χ1n) is 11.9. The summed E-state index contributed by atoms with van der Waals surface area (Å²) in [6.45, 7) is 0.945. The van der Waals surface area contributed by atoms with E-state index in [1.807, 2.05) is 18.2 Å². The molecule has 36 heavy (non-hydrogen) atoms. The van der Waals surface area contributed by atoms with Crippen molar-refractivity contribution < 1.29 is 23.9 Å². The summed E-state index contributed by atoms with van der Waals surface area (Å²) in [6, 6.07) is 17.2. The van der Waals surface area contributed by atoms with Crippen LogP contribution in [0.4, 0.5) is 0 Å². The molecule has 3 amide bonds. The highest BCUT2D eigenvalue weighted by atomic mass is 16.5. The second-order valence-corrected chi connectivity index (χ2v) is 9.45. The molecule has 0 atom stereocenters. The molecule has 8 nitrogen and oxygen atoms in total. The molecule has 3 aliphatic heterocycles. The maximum atomic E-state index is 13.3. The topological polar surface area (TPSA) is 96.9 Å². The number of pyridine rings is 1. The summed E-state index contributed by atoms with van der Waals surface area (Å²) in [6.07, 6.45) is 2.99. The average molecular weight is 482 g/mol. The van der Waals surface area contributed by atoms with Crippen LogP contribution in [-0.4, -0.2) is 57.0 Å². The number of aromatic nitrogens is 1. The molecular formula is C28H23N3O5. The molecule has 2 aromatic carbocycles. The van der Waals surface area contributed by atoms with Gasteiger partial charge in [-0.25, -0.2) is 0 Å². The number of amides is 3. The van der Waals surface area contributed by atoms with Crippen molar-refractivity contribution in [2.45, 2.75) is 31.4 Å². The van der Waals surface area contributed by atoms with Crippen LogP contribution in [0.25, 0.3) is 0 Å². The lowest BCUT2D eigenvalue weighted by Crippen LogP contribution is -2.52. The Hall–Kier alpha value is -4.33. The van der Waals surface area contributed by atoms with Gasteiger partial charge in [0.15, 0.2) is 5.78 Å². The quantitative estimate of drug-likeness (QED) is 0.531. The van der Waals surface area contributed by atoms with Gasteiger partial charge in [0.25, 0.3) is 17.7 Å². The molecule has 3 aromatic rings. The van der Waals surface area contributed by atoms with E-state index in [4.69, 9.17) is 4.74 Å². The number of imide groups is 1. The molecule has 0 bridgehead atoms. The summed E-state index contributed by atoms with van der Waals surface area (Å²) in [4.78, 5) is 58.9. The minimum Gasteiger partial charge on any atom is -0.486 e. The van der Waals surface area contributed by atoms with Crippen LogP contribution in [0.5, 0.6) is 5.75 Å². The average Bonchev–Trinajstić information content (AvgIpc) is 3.13. The van der Waals surface area contributed by atoms with Crippen molar-refractivity contribution in [3.8, 4) is 5.75 Å². The molecule has 0 unspecified atom stereocenters. The first-order valence-corrected chi connectivity index (χ1v) is 11.9. The number of hydrogen-bond donors (Lipinski definition) is 0. The Kier molecular flexibility index (Phi) is 5.17. The Morgan fingerprint density at radius 3 is 2.42 bits per heavy atom. The Morgan fingerprint density at radius 1 is 0.889 bits per heavy atom. The molecule has 1 fully saturated rings. The molecule has 0 radical (unpaired) electrons. The van der Waals surface area contributed by atoms with Crippen molar-refractivity contribution in [3.63, 3.8) is 0 Å². The normalized spacial score (nSPS) is 18.2. The zero-order valence-corrected chi connectivity index (χ0v) is 19.5. The lowest BCUT2D eigenvalue weighted by molar-refractivity contribution is -0.00572. The Bertz CT molecular complexity index is 1410. The number of carbonyl (C=O) groups is 4. The number of ketones is 1. The van der Waals surface area contributed by atoms with Crippen molar-refractivity contribution in [3.05, 3.63) is 94.8 Å². The molecule has 6 rings (SSSR count). The van der Waals surface area contributed by atoms with Gasteiger partial charge in [-0.3, -0.25) is 29.1 Å². The van der Waals surface area contributed by atoms with Crippen LogP contribution in [0, 0.1) is 0 Å². The predicted molar refractivity (Wildman–Crippen MR) is 129 cm³/mol. The predicted octanol–water partition coefficient (Wildman–Crippen LogP) is 3.52. The van der Waals surface area contributed by atoms with Crippen LogP contribution >= 0.6 is 0 Å². The van der Waals surface area contributed by atoms with Crippen molar-refractivity contribution >= 4 is 23.5 Å². The molecule has 3 aliphatic rings. The van der Waals surface area contributed by atoms with Crippen molar-refractivity contribution in [2.75, 3.05) is 13.1 Å². The van der Waals surface area contributed by atoms with Gasteiger partial charge in [0.05, 0.1) is 35.3 Å². The van der Waals surface area contributed by atoms with E-state index >= 15 is 0 Å². The number of carbonyl (C=O) groups excluding carboxylic acids is 4. The summed E-state index contributed by atoms with van der Waals surface area (Å²) in [5.74, 6) is -0.363. The molecule has 0 aliphatic carbocycles. The molecule has 0 N–H and O–H groups in total. The Morgan fingerprint density at radius 2 is 1.64 bits per heavy atom. The summed E-state index contributed by atoms with van der Waals surface area (Å²) >= 11 is 0. The zero-order chi connectivity index (χ0) is 24.9. The number of piperidine rings is 1. The van der Waals surface area contributed by atoms with Gasteiger partial charge in [0.1, 0.15) is 11.4 Å². The van der Waals surface area contributed by atoms with E-state index in [2.05, 4.69) is 4.98 Å². The van der Waals surface area contributed by atoms with Gasteiger partial charge in [0, 0.05) is 37.7 Å². The van der Waals surface area contributed by atoms with E-state index in [-0.39, 0.29) is 35.3 Å². The van der Waals surface area contributed by atoms with Gasteiger partial charge >= 0.3 is 0 Å². The van der Waals surface area contributed by atoms with E-state index in [1.165, 1.54) is 6.07 Å². The zero-order valence-electron chi connectivity index (χ0n) is 19.5. The lowest BCUT2D eigenvalue weighted by atomic mass is 9.82. The largest absolute Gasteiger partial charge is 0.486 e. The molecule has 0 saturated carbocycles. The number of benzene rings is 2. The minimum absolute atomic E-state index is 0.0636. The second kappa shape index (κ2) is 8.41. The first kappa shape index (κ1) is 22.2. The fourth-order valence-corrected chi connectivity index (χ4v) is 5.24. The lowest BCUT2D eigenvalue weighted by Gasteiger charge is -2.44. The van der Waals surface area contributed by atoms with Crippen LogP contribution in [0.2, 0.25) is 0 Å². The third kappa shape index (κ3) is 3.66. The number of fused-ring (bicyclic) bond motifs is 2. The summed E-state index contributed by atoms with van der Waals surface area (Å²) < 4.78 is 6.26. The fourth-order valence-electron chi connectivity index (χ4n) is 5.24. The third-order valence-corrected chi connectivity index (χ3v) is 7.22. The summed E-state index contributed by atoms with van der Waals surface area (Å²) in [5.41, 5.74) is 1.49. The maximum Gasteiger partial charge on any atom is 0.261 e. The smallest absolute Gasteiger partial charge is 0.261 e. The van der Waals surface area contributed by atoms with Crippen LogP contribution in [-0.2, 0) is 6.54 Å². The van der Waals surface area contributed by atoms with Crippen LogP contribution in [0.15, 0.2) is 66.9 Å². The highest BCUT2D eigenvalue weighted by Crippen LogP contribution is 2.39. The summed E-state index contributed by atoms with van der Waals surface area (Å²) in [5, 5.41) is 0. The molecular weight excluding hydrogens is 458 g/mol. The van der Waals surface area contributed by atoms with E-state index in [0.29, 0.717) is 54.9 Å². The Labute approximate surface area is 207 Å². The minimum atomic E-state index is -0.603. The number of nitrogens with zero attached hydrogens (tertiary/aromatic N) is 3. The molecule has 1 aromatic heterocycles. The number of likely N-dealkylation sites (tertiary alicyclic amines) is 1. The Balaban J connectivity index is 1.16. The van der Waals surface area contributed by atoms with Gasteiger partial charge in [-0.05, 0) is 42.5 Å². The first-order chi connectivity index (χ1) is 17.4. The molecule has 1 saturated heterocycles. The highest BCUT2D eigenvalue weighted by Gasteiger charge is 2.44. The number of hydrogen-bond acceptors (Lipinski definition) is 6. The molecule has 8 heteroatoms. The van der Waals surface area contributed by atoms with Crippen LogP contribution in [0.1, 0.15) is 66.4 Å². The fraction of sp³-hybridized carbons (Fsp3) is 0.250. The van der Waals surface area contributed by atoms with Crippen LogP contribution in [0.3, 0.4) is 0 Å². The van der Waals surface area contributed by atoms with E-state index in [9.17, 15) is 19.2 Å². The molecule has 4 heterocycles. The van der Waals surface area contributed by atoms with E-state index in [1.54, 1.807) is 47.5 Å². The SMILES string of the molecule is O=C1CC2(CCN(C(=O)c3ccc4c(c3)C(=O)N(Cc3ccccn3)C4=O)CC2)Oc2ccccc21. The highest BCUT2D eigenvalue weighted by molar-refractivity contribution is 6.22. The van der Waals surface area contributed by atoms with Crippen LogP contribution < -0.4 is 4.74 Å². The van der Waals surface area contributed by atoms with Gasteiger partial charge in [-0.15, -0.1) is 0 Å². The van der Waals surface area contributed by atoms with Gasteiger partial charge < -0.3 is 9.64 Å². The van der Waals surface area contributed by atoms with Crippen molar-refractivity contribution in [2.24, 2.45) is 0 Å². The van der Waals surface area contributed by atoms with Crippen molar-refractivity contribution in [1.82, 2.24) is 14.8 Å².